The standard InChI is InChI=1S/C20H23N5O/c1-13-10-19-18(24(13)12-16-8-6-5-7-9-16)11-17(23-15(3)26)20(21)25(19)14(2)22-4/h5-11,21H,12H2,1-4H3,(H,23,26). The van der Waals surface area contributed by atoms with Crippen LogP contribution in [-0.4, -0.2) is 27.9 Å². The van der Waals surface area contributed by atoms with Crippen molar-refractivity contribution in [3.05, 3.63) is 59.2 Å². The first-order valence-electron chi connectivity index (χ1n) is 8.48. The zero-order valence-corrected chi connectivity index (χ0v) is 15.5. The molecule has 1 aromatic carbocycles. The van der Waals surface area contributed by atoms with Crippen molar-refractivity contribution in [3.63, 3.8) is 0 Å². The van der Waals surface area contributed by atoms with Crippen LogP contribution in [0.5, 0.6) is 0 Å². The SMILES string of the molecule is CN=C(C)n1c(=N)c(NC(C)=O)cc2c1cc(C)n2Cc1ccccc1. The molecule has 0 saturated carbocycles. The molecule has 134 valence electrons. The Kier molecular flexibility index (Phi) is 4.75. The molecule has 0 unspecified atom stereocenters. The molecule has 0 aliphatic carbocycles. The highest BCUT2D eigenvalue weighted by Crippen LogP contribution is 2.22. The lowest BCUT2D eigenvalue weighted by Gasteiger charge is -2.14. The summed E-state index contributed by atoms with van der Waals surface area (Å²) in [6.45, 7) is 6.07. The van der Waals surface area contributed by atoms with Crippen molar-refractivity contribution in [3.8, 4) is 0 Å². The number of benzene rings is 1. The van der Waals surface area contributed by atoms with Crippen molar-refractivity contribution in [2.45, 2.75) is 27.3 Å². The largest absolute Gasteiger partial charge is 0.339 e. The minimum atomic E-state index is -0.201. The van der Waals surface area contributed by atoms with Crippen LogP contribution in [0.4, 0.5) is 5.69 Å². The van der Waals surface area contributed by atoms with E-state index in [0.29, 0.717) is 11.5 Å². The second kappa shape index (κ2) is 7.00. The van der Waals surface area contributed by atoms with E-state index in [2.05, 4.69) is 33.1 Å². The van der Waals surface area contributed by atoms with Gasteiger partial charge in [-0.2, -0.15) is 0 Å². The Morgan fingerprint density at radius 1 is 1.15 bits per heavy atom. The molecule has 26 heavy (non-hydrogen) atoms. The number of nitrogens with zero attached hydrogens (tertiary/aromatic N) is 3. The molecular weight excluding hydrogens is 326 g/mol. The van der Waals surface area contributed by atoms with Crippen molar-refractivity contribution in [2.75, 3.05) is 12.4 Å². The molecule has 0 spiro atoms. The van der Waals surface area contributed by atoms with Crippen LogP contribution in [0.3, 0.4) is 0 Å². The number of carbonyl (C=O) groups excluding carboxylic acids is 1. The van der Waals surface area contributed by atoms with E-state index in [1.165, 1.54) is 12.5 Å². The lowest BCUT2D eigenvalue weighted by molar-refractivity contribution is -0.114. The van der Waals surface area contributed by atoms with Gasteiger partial charge in [0.15, 0.2) is 5.49 Å². The van der Waals surface area contributed by atoms with E-state index in [-0.39, 0.29) is 11.4 Å². The molecule has 0 radical (unpaired) electrons. The summed E-state index contributed by atoms with van der Waals surface area (Å²) >= 11 is 0. The van der Waals surface area contributed by atoms with E-state index in [4.69, 9.17) is 5.41 Å². The maximum Gasteiger partial charge on any atom is 0.221 e. The Bertz CT molecular complexity index is 1060. The minimum Gasteiger partial charge on any atom is -0.339 e. The van der Waals surface area contributed by atoms with E-state index in [1.807, 2.05) is 38.1 Å². The van der Waals surface area contributed by atoms with E-state index in [9.17, 15) is 4.79 Å². The van der Waals surface area contributed by atoms with Crippen LogP contribution in [0, 0.1) is 12.3 Å². The number of nitrogens with one attached hydrogen (secondary N) is 2. The van der Waals surface area contributed by atoms with Gasteiger partial charge in [-0.1, -0.05) is 30.3 Å². The number of aromatic nitrogens is 2. The number of aryl methyl sites for hydroxylation is 1. The molecule has 2 N–H and O–H groups in total. The average molecular weight is 349 g/mol. The molecular formula is C20H23N5O. The van der Waals surface area contributed by atoms with Crippen LogP contribution in [0.15, 0.2) is 47.5 Å². The van der Waals surface area contributed by atoms with Gasteiger partial charge in [-0.25, -0.2) is 0 Å². The fourth-order valence-corrected chi connectivity index (χ4v) is 3.15. The molecule has 6 heteroatoms. The third kappa shape index (κ3) is 3.18. The summed E-state index contributed by atoms with van der Waals surface area (Å²) in [5, 5.41) is 11.3. The number of rotatable bonds is 3. The number of fused-ring (bicyclic) bond motifs is 1. The summed E-state index contributed by atoms with van der Waals surface area (Å²) in [6.07, 6.45) is 0. The third-order valence-corrected chi connectivity index (χ3v) is 4.47. The maximum absolute atomic E-state index is 11.6. The lowest BCUT2D eigenvalue weighted by Crippen LogP contribution is -2.29. The van der Waals surface area contributed by atoms with Crippen LogP contribution in [0.25, 0.3) is 11.0 Å². The first kappa shape index (κ1) is 17.7. The van der Waals surface area contributed by atoms with E-state index in [0.717, 1.165) is 23.3 Å². The predicted octanol–water partition coefficient (Wildman–Crippen LogP) is 3.13. The smallest absolute Gasteiger partial charge is 0.221 e. The molecule has 0 saturated heterocycles. The summed E-state index contributed by atoms with van der Waals surface area (Å²) in [7, 11) is 1.70. The summed E-state index contributed by atoms with van der Waals surface area (Å²) < 4.78 is 3.96. The zero-order chi connectivity index (χ0) is 18.8. The van der Waals surface area contributed by atoms with Gasteiger partial charge >= 0.3 is 0 Å². The predicted molar refractivity (Wildman–Crippen MR) is 105 cm³/mol. The quantitative estimate of drug-likeness (QED) is 0.553. The van der Waals surface area contributed by atoms with Crippen LogP contribution < -0.4 is 10.8 Å². The Balaban J connectivity index is 2.29. The first-order chi connectivity index (χ1) is 12.4. The van der Waals surface area contributed by atoms with Crippen LogP contribution >= 0.6 is 0 Å². The highest BCUT2D eigenvalue weighted by atomic mass is 16.1. The summed E-state index contributed by atoms with van der Waals surface area (Å²) in [5.41, 5.74) is 4.82. The number of pyridine rings is 1. The molecule has 0 aliphatic rings. The fourth-order valence-electron chi connectivity index (χ4n) is 3.15. The van der Waals surface area contributed by atoms with E-state index >= 15 is 0 Å². The molecule has 3 rings (SSSR count). The summed E-state index contributed by atoms with van der Waals surface area (Å²) in [6, 6.07) is 14.2. The second-order valence-electron chi connectivity index (χ2n) is 6.32. The Hall–Kier alpha value is -3.15. The van der Waals surface area contributed by atoms with Gasteiger partial charge in [0.25, 0.3) is 0 Å². The topological polar surface area (TPSA) is 75.2 Å². The molecule has 3 aromatic rings. The van der Waals surface area contributed by atoms with Gasteiger partial charge in [0.05, 0.1) is 16.7 Å². The van der Waals surface area contributed by atoms with Gasteiger partial charge in [-0.05, 0) is 31.5 Å². The summed E-state index contributed by atoms with van der Waals surface area (Å²) in [5.74, 6) is 0.498. The lowest BCUT2D eigenvalue weighted by atomic mass is 10.2. The Labute approximate surface area is 152 Å². The highest BCUT2D eigenvalue weighted by Gasteiger charge is 2.15. The highest BCUT2D eigenvalue weighted by molar-refractivity contribution is 5.96. The molecule has 2 aromatic heterocycles. The van der Waals surface area contributed by atoms with Crippen molar-refractivity contribution >= 4 is 28.5 Å². The van der Waals surface area contributed by atoms with Crippen LogP contribution in [-0.2, 0) is 11.3 Å². The van der Waals surface area contributed by atoms with Crippen LogP contribution in [0.1, 0.15) is 25.1 Å². The van der Waals surface area contributed by atoms with Gasteiger partial charge in [0.1, 0.15) is 5.84 Å². The fraction of sp³-hybridized carbons (Fsp3) is 0.250. The Morgan fingerprint density at radius 2 is 1.85 bits per heavy atom. The third-order valence-electron chi connectivity index (χ3n) is 4.47. The monoisotopic (exact) mass is 349 g/mol. The Morgan fingerprint density at radius 3 is 2.46 bits per heavy atom. The number of aliphatic imine (C=N–C) groups is 1. The zero-order valence-electron chi connectivity index (χ0n) is 15.5. The number of hydrogen-bond acceptors (Lipinski definition) is 3. The molecule has 0 bridgehead atoms. The first-order valence-corrected chi connectivity index (χ1v) is 8.48. The molecule has 0 atom stereocenters. The van der Waals surface area contributed by atoms with Crippen molar-refractivity contribution in [1.82, 2.24) is 9.13 Å². The van der Waals surface area contributed by atoms with Gasteiger partial charge in [0, 0.05) is 26.2 Å². The van der Waals surface area contributed by atoms with Crippen molar-refractivity contribution in [1.29, 1.82) is 5.41 Å². The minimum absolute atomic E-state index is 0.201. The van der Waals surface area contributed by atoms with Crippen molar-refractivity contribution in [2.24, 2.45) is 4.99 Å². The average Bonchev–Trinajstić information content (AvgIpc) is 2.91. The normalized spacial score (nSPS) is 11.8. The number of carbonyl (C=O) groups is 1. The molecule has 1 amide bonds. The van der Waals surface area contributed by atoms with Crippen molar-refractivity contribution < 1.29 is 4.79 Å². The van der Waals surface area contributed by atoms with Crippen LogP contribution in [0.2, 0.25) is 0 Å². The van der Waals surface area contributed by atoms with Gasteiger partial charge < -0.3 is 9.88 Å². The number of amides is 1. The molecule has 6 nitrogen and oxygen atoms in total. The van der Waals surface area contributed by atoms with Gasteiger partial charge in [0.2, 0.25) is 5.91 Å². The number of hydrogen-bond donors (Lipinski definition) is 2. The maximum atomic E-state index is 11.6. The summed E-state index contributed by atoms with van der Waals surface area (Å²) in [4.78, 5) is 15.8. The van der Waals surface area contributed by atoms with E-state index < -0.39 is 0 Å². The van der Waals surface area contributed by atoms with E-state index in [1.54, 1.807) is 11.6 Å². The molecule has 0 fully saturated rings. The number of anilines is 1. The second-order valence-corrected chi connectivity index (χ2v) is 6.32. The van der Waals surface area contributed by atoms with Gasteiger partial charge in [-0.15, -0.1) is 0 Å². The molecule has 0 aliphatic heterocycles. The molecule has 2 heterocycles. The van der Waals surface area contributed by atoms with Gasteiger partial charge in [-0.3, -0.25) is 19.8 Å².